The predicted molar refractivity (Wildman–Crippen MR) is 138 cm³/mol. The highest BCUT2D eigenvalue weighted by molar-refractivity contribution is 7.99. The van der Waals surface area contributed by atoms with Gasteiger partial charge in [0.25, 0.3) is 11.6 Å². The third-order valence-electron chi connectivity index (χ3n) is 5.96. The van der Waals surface area contributed by atoms with Gasteiger partial charge in [0.15, 0.2) is 0 Å². The third kappa shape index (κ3) is 5.71. The molecule has 7 nitrogen and oxygen atoms in total. The third-order valence-corrected chi connectivity index (χ3v) is 7.29. The lowest BCUT2D eigenvalue weighted by Crippen LogP contribution is -2.30. The normalized spacial score (nSPS) is 15.3. The molecule has 0 saturated carbocycles. The molecule has 1 aliphatic heterocycles. The van der Waals surface area contributed by atoms with E-state index in [4.69, 9.17) is 0 Å². The Balaban J connectivity index is 1.58. The Kier molecular flexibility index (Phi) is 7.82. The SMILES string of the molecule is CCCCNC(=O)c1ccc(C2CC(=O)N(Cc3ccccc3[N+](=O)[O-])c3ccccc3S2)cc1. The number of thioether (sulfide) groups is 1. The molecule has 0 spiro atoms. The Hall–Kier alpha value is -3.65. The van der Waals surface area contributed by atoms with Crippen molar-refractivity contribution in [2.45, 2.75) is 42.9 Å². The summed E-state index contributed by atoms with van der Waals surface area (Å²) in [6, 6.07) is 21.5. The van der Waals surface area contributed by atoms with Crippen molar-refractivity contribution in [1.82, 2.24) is 5.32 Å². The van der Waals surface area contributed by atoms with Crippen molar-refractivity contribution in [3.05, 3.63) is 99.6 Å². The van der Waals surface area contributed by atoms with Gasteiger partial charge in [0.05, 0.1) is 17.2 Å². The van der Waals surface area contributed by atoms with Gasteiger partial charge in [0, 0.05) is 40.3 Å². The summed E-state index contributed by atoms with van der Waals surface area (Å²) in [4.78, 5) is 39.5. The van der Waals surface area contributed by atoms with Gasteiger partial charge in [-0.25, -0.2) is 0 Å². The summed E-state index contributed by atoms with van der Waals surface area (Å²) in [5, 5.41) is 14.3. The maximum Gasteiger partial charge on any atom is 0.274 e. The summed E-state index contributed by atoms with van der Waals surface area (Å²) in [7, 11) is 0. The van der Waals surface area contributed by atoms with Crippen LogP contribution in [0.3, 0.4) is 0 Å². The molecule has 4 rings (SSSR count). The van der Waals surface area contributed by atoms with Gasteiger partial charge in [-0.3, -0.25) is 19.7 Å². The summed E-state index contributed by atoms with van der Waals surface area (Å²) < 4.78 is 0. The monoisotopic (exact) mass is 489 g/mol. The van der Waals surface area contributed by atoms with E-state index in [9.17, 15) is 19.7 Å². The number of nitro benzene ring substituents is 1. The first-order valence-electron chi connectivity index (χ1n) is 11.6. The fraction of sp³-hybridized carbons (Fsp3) is 0.259. The van der Waals surface area contributed by atoms with Gasteiger partial charge in [-0.05, 0) is 36.2 Å². The van der Waals surface area contributed by atoms with E-state index in [0.717, 1.165) is 29.0 Å². The molecule has 1 heterocycles. The minimum absolute atomic E-state index is 0.000895. The molecule has 1 unspecified atom stereocenters. The highest BCUT2D eigenvalue weighted by Crippen LogP contribution is 2.46. The molecule has 35 heavy (non-hydrogen) atoms. The molecule has 0 bridgehead atoms. The molecule has 1 N–H and O–H groups in total. The molecule has 0 aliphatic carbocycles. The van der Waals surface area contributed by atoms with Gasteiger partial charge in [0.2, 0.25) is 5.91 Å². The van der Waals surface area contributed by atoms with Crippen LogP contribution < -0.4 is 10.2 Å². The zero-order chi connectivity index (χ0) is 24.8. The summed E-state index contributed by atoms with van der Waals surface area (Å²) in [6.45, 7) is 2.85. The van der Waals surface area contributed by atoms with Gasteiger partial charge in [-0.15, -0.1) is 11.8 Å². The van der Waals surface area contributed by atoms with Crippen molar-refractivity contribution in [3.8, 4) is 0 Å². The lowest BCUT2D eigenvalue weighted by molar-refractivity contribution is -0.385. The van der Waals surface area contributed by atoms with E-state index in [-0.39, 0.29) is 35.7 Å². The first-order chi connectivity index (χ1) is 17.0. The quantitative estimate of drug-likeness (QED) is 0.242. The van der Waals surface area contributed by atoms with E-state index in [2.05, 4.69) is 12.2 Å². The number of hydrogen-bond donors (Lipinski definition) is 1. The van der Waals surface area contributed by atoms with E-state index < -0.39 is 4.92 Å². The summed E-state index contributed by atoms with van der Waals surface area (Å²) in [6.07, 6.45) is 2.19. The van der Waals surface area contributed by atoms with Crippen LogP contribution in [0.15, 0.2) is 77.7 Å². The van der Waals surface area contributed by atoms with Crippen LogP contribution in [0.4, 0.5) is 11.4 Å². The number of para-hydroxylation sites is 2. The van der Waals surface area contributed by atoms with Gasteiger partial charge in [-0.2, -0.15) is 0 Å². The van der Waals surface area contributed by atoms with E-state index >= 15 is 0 Å². The highest BCUT2D eigenvalue weighted by atomic mass is 32.2. The summed E-state index contributed by atoms with van der Waals surface area (Å²) in [5.41, 5.74) is 2.78. The maximum absolute atomic E-state index is 13.4. The number of rotatable bonds is 8. The maximum atomic E-state index is 13.4. The molecule has 0 saturated heterocycles. The molecule has 0 aromatic heterocycles. The molecule has 0 fully saturated rings. The van der Waals surface area contributed by atoms with E-state index in [0.29, 0.717) is 17.7 Å². The summed E-state index contributed by atoms with van der Waals surface area (Å²) >= 11 is 1.59. The number of nitrogens with one attached hydrogen (secondary N) is 1. The van der Waals surface area contributed by atoms with Crippen LogP contribution in [-0.4, -0.2) is 23.3 Å². The number of unbranched alkanes of at least 4 members (excludes halogenated alkanes) is 1. The number of benzene rings is 3. The minimum atomic E-state index is -0.416. The van der Waals surface area contributed by atoms with Crippen molar-refractivity contribution in [3.63, 3.8) is 0 Å². The van der Waals surface area contributed by atoms with Crippen LogP contribution in [0.1, 0.15) is 52.9 Å². The number of amides is 2. The lowest BCUT2D eigenvalue weighted by Gasteiger charge is -2.22. The van der Waals surface area contributed by atoms with Crippen LogP contribution in [0.2, 0.25) is 0 Å². The smallest absolute Gasteiger partial charge is 0.274 e. The number of carbonyl (C=O) groups excluding carboxylic acids is 2. The Labute approximate surface area is 208 Å². The van der Waals surface area contributed by atoms with Crippen LogP contribution in [0.25, 0.3) is 0 Å². The molecule has 3 aromatic rings. The van der Waals surface area contributed by atoms with Gasteiger partial charge in [0.1, 0.15) is 0 Å². The fourth-order valence-electron chi connectivity index (χ4n) is 4.06. The fourth-order valence-corrected chi connectivity index (χ4v) is 5.34. The van der Waals surface area contributed by atoms with Crippen molar-refractivity contribution in [2.24, 2.45) is 0 Å². The largest absolute Gasteiger partial charge is 0.352 e. The second-order valence-corrected chi connectivity index (χ2v) is 9.62. The Bertz CT molecular complexity index is 1230. The van der Waals surface area contributed by atoms with Crippen molar-refractivity contribution in [2.75, 3.05) is 11.4 Å². The zero-order valence-electron chi connectivity index (χ0n) is 19.5. The number of carbonyl (C=O) groups is 2. The first kappa shape index (κ1) is 24.5. The standard InChI is InChI=1S/C27H27N3O4S/c1-2-3-16-28-27(32)20-14-12-19(13-15-20)25-17-26(31)29(23-10-6-7-11-24(23)35-25)18-21-8-4-5-9-22(21)30(33)34/h4-15,25H,2-3,16-18H2,1H3,(H,28,32). The molecule has 1 aliphatic rings. The zero-order valence-corrected chi connectivity index (χ0v) is 20.3. The number of hydrogen-bond acceptors (Lipinski definition) is 5. The van der Waals surface area contributed by atoms with Crippen LogP contribution in [0.5, 0.6) is 0 Å². The van der Waals surface area contributed by atoms with Crippen molar-refractivity contribution in [1.29, 1.82) is 0 Å². The molecule has 1 atom stereocenters. The number of nitrogens with zero attached hydrogens (tertiary/aromatic N) is 2. The van der Waals surface area contributed by atoms with Crippen molar-refractivity contribution < 1.29 is 14.5 Å². The second-order valence-electron chi connectivity index (χ2n) is 8.38. The average Bonchev–Trinajstić information content (AvgIpc) is 3.01. The molecule has 3 aromatic carbocycles. The van der Waals surface area contributed by atoms with Crippen LogP contribution in [0, 0.1) is 10.1 Å². The van der Waals surface area contributed by atoms with E-state index in [1.54, 1.807) is 47.0 Å². The molecule has 0 radical (unpaired) electrons. The average molecular weight is 490 g/mol. The van der Waals surface area contributed by atoms with Gasteiger partial charge >= 0.3 is 0 Å². The van der Waals surface area contributed by atoms with Gasteiger partial charge in [-0.1, -0.05) is 55.8 Å². The number of nitro groups is 1. The topological polar surface area (TPSA) is 92.6 Å². The molecule has 8 heteroatoms. The number of fused-ring (bicyclic) bond motifs is 1. The Morgan fingerprint density at radius 3 is 2.54 bits per heavy atom. The molecular formula is C27H27N3O4S. The molecular weight excluding hydrogens is 462 g/mol. The Morgan fingerprint density at radius 2 is 1.80 bits per heavy atom. The highest BCUT2D eigenvalue weighted by Gasteiger charge is 2.30. The summed E-state index contributed by atoms with van der Waals surface area (Å²) in [5.74, 6) is -0.206. The lowest BCUT2D eigenvalue weighted by atomic mass is 10.1. The first-order valence-corrected chi connectivity index (χ1v) is 12.5. The second kappa shape index (κ2) is 11.2. The van der Waals surface area contributed by atoms with Gasteiger partial charge < -0.3 is 10.2 Å². The Morgan fingerprint density at radius 1 is 1.09 bits per heavy atom. The molecule has 2 amide bonds. The molecule has 180 valence electrons. The van der Waals surface area contributed by atoms with E-state index in [1.165, 1.54) is 6.07 Å². The number of anilines is 1. The van der Waals surface area contributed by atoms with E-state index in [1.807, 2.05) is 36.4 Å². The predicted octanol–water partition coefficient (Wildman–Crippen LogP) is 5.90. The van der Waals surface area contributed by atoms with Crippen LogP contribution >= 0.6 is 11.8 Å². The van der Waals surface area contributed by atoms with Crippen molar-refractivity contribution >= 4 is 35.0 Å². The van der Waals surface area contributed by atoms with Crippen LogP contribution in [-0.2, 0) is 11.3 Å². The minimum Gasteiger partial charge on any atom is -0.352 e.